The molecular formula is C18H23NOS. The van der Waals surface area contributed by atoms with Gasteiger partial charge in [0.15, 0.2) is 0 Å². The molecular weight excluding hydrogens is 278 g/mol. The summed E-state index contributed by atoms with van der Waals surface area (Å²) in [6.45, 7) is 2.58. The molecule has 2 nitrogen and oxygen atoms in total. The fourth-order valence-electron chi connectivity index (χ4n) is 1.62. The van der Waals surface area contributed by atoms with E-state index in [1.807, 2.05) is 61.5 Å². The first-order valence-corrected chi connectivity index (χ1v) is 7.79. The fourth-order valence-corrected chi connectivity index (χ4v) is 1.78. The molecule has 1 N–H and O–H groups in total. The molecule has 0 aliphatic rings. The predicted octanol–water partition coefficient (Wildman–Crippen LogP) is 3.60. The molecule has 1 unspecified atom stereocenters. The summed E-state index contributed by atoms with van der Waals surface area (Å²) >= 11 is 4.09. The zero-order chi connectivity index (χ0) is 15.3. The largest absolute Gasteiger partial charge is 0.356 e. The van der Waals surface area contributed by atoms with E-state index in [0.717, 1.165) is 6.42 Å². The molecule has 1 atom stereocenters. The third kappa shape index (κ3) is 8.20. The monoisotopic (exact) mass is 301 g/mol. The van der Waals surface area contributed by atoms with Gasteiger partial charge in [0, 0.05) is 18.2 Å². The lowest BCUT2D eigenvalue weighted by atomic mass is 10.1. The van der Waals surface area contributed by atoms with E-state index in [1.54, 1.807) is 0 Å². The van der Waals surface area contributed by atoms with Crippen LogP contribution in [0.15, 0.2) is 66.7 Å². The van der Waals surface area contributed by atoms with Gasteiger partial charge in [0.1, 0.15) is 0 Å². The van der Waals surface area contributed by atoms with E-state index in [1.165, 1.54) is 5.56 Å². The lowest BCUT2D eigenvalue weighted by molar-refractivity contribution is -0.123. The molecule has 2 aromatic rings. The highest BCUT2D eigenvalue weighted by Crippen LogP contribution is 2.00. The summed E-state index contributed by atoms with van der Waals surface area (Å²) in [5, 5.41) is 2.89. The Morgan fingerprint density at radius 1 is 1.00 bits per heavy atom. The van der Waals surface area contributed by atoms with Crippen molar-refractivity contribution in [2.75, 3.05) is 12.3 Å². The van der Waals surface area contributed by atoms with Crippen LogP contribution in [-0.2, 0) is 11.2 Å². The summed E-state index contributed by atoms with van der Waals surface area (Å²) < 4.78 is 0. The molecule has 0 fully saturated rings. The SMILES string of the molecule is CC(CS)C(=O)NCCc1ccccc1.c1ccccc1. The highest BCUT2D eigenvalue weighted by Gasteiger charge is 2.09. The lowest BCUT2D eigenvalue weighted by Gasteiger charge is -2.09. The molecule has 0 saturated heterocycles. The molecule has 2 aromatic carbocycles. The van der Waals surface area contributed by atoms with Crippen molar-refractivity contribution in [3.8, 4) is 0 Å². The molecule has 2 rings (SSSR count). The number of hydrogen-bond acceptors (Lipinski definition) is 2. The Morgan fingerprint density at radius 2 is 1.48 bits per heavy atom. The molecule has 1 amide bonds. The van der Waals surface area contributed by atoms with Crippen LogP contribution in [0.3, 0.4) is 0 Å². The summed E-state index contributed by atoms with van der Waals surface area (Å²) in [5.74, 6) is 0.669. The van der Waals surface area contributed by atoms with Crippen molar-refractivity contribution in [2.45, 2.75) is 13.3 Å². The van der Waals surface area contributed by atoms with Crippen LogP contribution in [0.2, 0.25) is 0 Å². The van der Waals surface area contributed by atoms with E-state index in [0.29, 0.717) is 12.3 Å². The number of nitrogens with one attached hydrogen (secondary N) is 1. The van der Waals surface area contributed by atoms with E-state index in [-0.39, 0.29) is 11.8 Å². The Labute approximate surface area is 133 Å². The van der Waals surface area contributed by atoms with Crippen LogP contribution in [-0.4, -0.2) is 18.2 Å². The quantitative estimate of drug-likeness (QED) is 0.812. The van der Waals surface area contributed by atoms with Crippen LogP contribution in [0.4, 0.5) is 0 Å². The van der Waals surface area contributed by atoms with Crippen LogP contribution >= 0.6 is 12.6 Å². The van der Waals surface area contributed by atoms with Gasteiger partial charge in [-0.1, -0.05) is 73.7 Å². The van der Waals surface area contributed by atoms with Crippen LogP contribution < -0.4 is 5.32 Å². The van der Waals surface area contributed by atoms with Gasteiger partial charge < -0.3 is 5.32 Å². The van der Waals surface area contributed by atoms with E-state index in [9.17, 15) is 4.79 Å². The van der Waals surface area contributed by atoms with Gasteiger partial charge in [0.05, 0.1) is 0 Å². The smallest absolute Gasteiger partial charge is 0.223 e. The Kier molecular flexibility index (Phi) is 9.05. The van der Waals surface area contributed by atoms with Crippen molar-refractivity contribution in [2.24, 2.45) is 5.92 Å². The second-order valence-electron chi connectivity index (χ2n) is 4.76. The zero-order valence-corrected chi connectivity index (χ0v) is 13.3. The molecule has 21 heavy (non-hydrogen) atoms. The maximum absolute atomic E-state index is 11.4. The van der Waals surface area contributed by atoms with Crippen LogP contribution in [0.25, 0.3) is 0 Å². The summed E-state index contributed by atoms with van der Waals surface area (Å²) in [4.78, 5) is 11.4. The maximum Gasteiger partial charge on any atom is 0.223 e. The highest BCUT2D eigenvalue weighted by atomic mass is 32.1. The minimum absolute atomic E-state index is 0.0101. The number of carbonyl (C=O) groups excluding carboxylic acids is 1. The molecule has 0 aliphatic heterocycles. The molecule has 3 heteroatoms. The minimum Gasteiger partial charge on any atom is -0.356 e. The first-order valence-electron chi connectivity index (χ1n) is 7.16. The molecule has 0 spiro atoms. The molecule has 0 aliphatic carbocycles. The first kappa shape index (κ1) is 17.3. The maximum atomic E-state index is 11.4. The first-order chi connectivity index (χ1) is 10.2. The van der Waals surface area contributed by atoms with E-state index in [2.05, 4.69) is 30.1 Å². The Morgan fingerprint density at radius 3 is 1.95 bits per heavy atom. The van der Waals surface area contributed by atoms with Gasteiger partial charge in [-0.3, -0.25) is 4.79 Å². The van der Waals surface area contributed by atoms with Gasteiger partial charge in [-0.15, -0.1) is 0 Å². The number of amides is 1. The van der Waals surface area contributed by atoms with Crippen LogP contribution in [0.1, 0.15) is 12.5 Å². The van der Waals surface area contributed by atoms with E-state index >= 15 is 0 Å². The van der Waals surface area contributed by atoms with Gasteiger partial charge in [-0.25, -0.2) is 0 Å². The summed E-state index contributed by atoms with van der Waals surface area (Å²) in [6.07, 6.45) is 0.881. The third-order valence-corrected chi connectivity index (χ3v) is 3.49. The number of carbonyl (C=O) groups is 1. The van der Waals surface area contributed by atoms with Crippen molar-refractivity contribution in [3.63, 3.8) is 0 Å². The van der Waals surface area contributed by atoms with Crippen LogP contribution in [0.5, 0.6) is 0 Å². The van der Waals surface area contributed by atoms with Crippen LogP contribution in [0, 0.1) is 5.92 Å². The van der Waals surface area contributed by atoms with Crippen molar-refractivity contribution < 1.29 is 4.79 Å². The standard InChI is InChI=1S/C12H17NOS.C6H6/c1-10(9-15)12(14)13-8-7-11-5-3-2-4-6-11;1-2-4-6-5-3-1/h2-6,10,15H,7-9H2,1H3,(H,13,14);1-6H. The average molecular weight is 301 g/mol. The fraction of sp³-hybridized carbons (Fsp3) is 0.278. The van der Waals surface area contributed by atoms with Gasteiger partial charge in [0.2, 0.25) is 5.91 Å². The summed E-state index contributed by atoms with van der Waals surface area (Å²) in [7, 11) is 0. The molecule has 112 valence electrons. The lowest BCUT2D eigenvalue weighted by Crippen LogP contribution is -2.31. The Balaban J connectivity index is 0.000000304. The van der Waals surface area contributed by atoms with Gasteiger partial charge in [-0.05, 0) is 12.0 Å². The normalized spacial score (nSPS) is 11.0. The molecule has 0 bridgehead atoms. The molecule has 0 aromatic heterocycles. The number of thiol groups is 1. The van der Waals surface area contributed by atoms with Crippen molar-refractivity contribution in [1.29, 1.82) is 0 Å². The Bertz CT molecular complexity index is 460. The number of hydrogen-bond donors (Lipinski definition) is 2. The van der Waals surface area contributed by atoms with Gasteiger partial charge >= 0.3 is 0 Å². The topological polar surface area (TPSA) is 29.1 Å². The molecule has 0 saturated carbocycles. The van der Waals surface area contributed by atoms with E-state index in [4.69, 9.17) is 0 Å². The highest BCUT2D eigenvalue weighted by molar-refractivity contribution is 7.80. The minimum atomic E-state index is -0.0101. The number of rotatable bonds is 5. The number of benzene rings is 2. The predicted molar refractivity (Wildman–Crippen MR) is 92.6 cm³/mol. The van der Waals surface area contributed by atoms with Gasteiger partial charge in [-0.2, -0.15) is 12.6 Å². The third-order valence-electron chi connectivity index (χ3n) is 2.94. The summed E-state index contributed by atoms with van der Waals surface area (Å²) in [5.41, 5.74) is 1.25. The Hall–Kier alpha value is -1.74. The van der Waals surface area contributed by atoms with Crippen molar-refractivity contribution in [1.82, 2.24) is 5.32 Å². The van der Waals surface area contributed by atoms with Crippen molar-refractivity contribution in [3.05, 3.63) is 72.3 Å². The second kappa shape index (κ2) is 11.0. The average Bonchev–Trinajstić information content (AvgIpc) is 2.57. The second-order valence-corrected chi connectivity index (χ2v) is 5.13. The van der Waals surface area contributed by atoms with Crippen molar-refractivity contribution >= 4 is 18.5 Å². The zero-order valence-electron chi connectivity index (χ0n) is 12.4. The molecule has 0 heterocycles. The van der Waals surface area contributed by atoms with Gasteiger partial charge in [0.25, 0.3) is 0 Å². The summed E-state index contributed by atoms with van der Waals surface area (Å²) in [6, 6.07) is 22.1. The molecule has 0 radical (unpaired) electrons. The van der Waals surface area contributed by atoms with E-state index < -0.39 is 0 Å².